The number of ketones is 1. The zero-order valence-corrected chi connectivity index (χ0v) is 10.4. The van der Waals surface area contributed by atoms with Crippen molar-refractivity contribution >= 4 is 18.4 Å². The molecule has 0 saturated heterocycles. The molecule has 0 aromatic rings. The molecule has 0 aliphatic rings. The van der Waals surface area contributed by atoms with E-state index in [1.54, 1.807) is 0 Å². The predicted octanol–water partition coefficient (Wildman–Crippen LogP) is 3.65. The van der Waals surface area contributed by atoms with E-state index in [0.717, 1.165) is 18.4 Å². The molecule has 0 fully saturated rings. The van der Waals surface area contributed by atoms with Crippen molar-refractivity contribution in [3.05, 3.63) is 12.2 Å². The van der Waals surface area contributed by atoms with E-state index in [0.29, 0.717) is 24.5 Å². The molecule has 0 amide bonds. The third-order valence-electron chi connectivity index (χ3n) is 2.40. The summed E-state index contributed by atoms with van der Waals surface area (Å²) in [7, 11) is 0. The second-order valence-electron chi connectivity index (χ2n) is 4.07. The molecule has 0 heterocycles. The van der Waals surface area contributed by atoms with Gasteiger partial charge >= 0.3 is 0 Å². The topological polar surface area (TPSA) is 17.1 Å². The first-order valence-electron chi connectivity index (χ1n) is 5.37. The van der Waals surface area contributed by atoms with Crippen molar-refractivity contribution in [1.29, 1.82) is 0 Å². The molecule has 14 heavy (non-hydrogen) atoms. The Bertz CT molecular complexity index is 196. The highest BCUT2D eigenvalue weighted by molar-refractivity contribution is 7.81. The summed E-state index contributed by atoms with van der Waals surface area (Å²) in [6, 6.07) is 0. The van der Waals surface area contributed by atoms with E-state index >= 15 is 0 Å². The molecule has 0 rings (SSSR count). The van der Waals surface area contributed by atoms with E-state index in [9.17, 15) is 4.79 Å². The summed E-state index contributed by atoms with van der Waals surface area (Å²) in [6.07, 6.45) is 3.13. The zero-order valence-electron chi connectivity index (χ0n) is 9.55. The van der Waals surface area contributed by atoms with Gasteiger partial charge in [-0.2, -0.15) is 12.6 Å². The predicted molar refractivity (Wildman–Crippen MR) is 65.9 cm³/mol. The van der Waals surface area contributed by atoms with Gasteiger partial charge in [0.2, 0.25) is 0 Å². The number of hydrogen-bond acceptors (Lipinski definition) is 2. The van der Waals surface area contributed by atoms with Crippen molar-refractivity contribution in [2.45, 2.75) is 51.7 Å². The van der Waals surface area contributed by atoms with Crippen molar-refractivity contribution in [3.8, 4) is 0 Å². The molecular weight excluding hydrogens is 192 g/mol. The third-order valence-corrected chi connectivity index (χ3v) is 2.98. The van der Waals surface area contributed by atoms with Crippen LogP contribution < -0.4 is 0 Å². The fraction of sp³-hybridized carbons (Fsp3) is 0.750. The fourth-order valence-electron chi connectivity index (χ4n) is 1.27. The first-order valence-corrected chi connectivity index (χ1v) is 5.89. The lowest BCUT2D eigenvalue weighted by Gasteiger charge is -2.16. The summed E-state index contributed by atoms with van der Waals surface area (Å²) in [4.78, 5) is 11.3. The Kier molecular flexibility index (Phi) is 6.98. The Morgan fingerprint density at radius 2 is 1.93 bits per heavy atom. The smallest absolute Gasteiger partial charge is 0.132 e. The summed E-state index contributed by atoms with van der Waals surface area (Å²) in [5, 5.41) is 0.177. The van der Waals surface area contributed by atoms with Crippen molar-refractivity contribution in [1.82, 2.24) is 0 Å². The van der Waals surface area contributed by atoms with Crippen LogP contribution in [0.4, 0.5) is 0 Å². The molecule has 1 atom stereocenters. The lowest BCUT2D eigenvalue weighted by molar-refractivity contribution is -0.119. The largest absolute Gasteiger partial charge is 0.300 e. The Hall–Kier alpha value is -0.240. The number of hydrogen-bond donors (Lipinski definition) is 1. The van der Waals surface area contributed by atoms with E-state index in [-0.39, 0.29) is 5.25 Å². The van der Waals surface area contributed by atoms with Crippen molar-refractivity contribution in [2.75, 3.05) is 0 Å². The van der Waals surface area contributed by atoms with E-state index in [2.05, 4.69) is 33.1 Å². The SMILES string of the molecule is C=C(C(C)C)C(S)CCC(=O)CCC. The summed E-state index contributed by atoms with van der Waals surface area (Å²) >= 11 is 4.46. The molecule has 2 heteroatoms. The van der Waals surface area contributed by atoms with Crippen LogP contribution in [0.1, 0.15) is 46.5 Å². The highest BCUT2D eigenvalue weighted by Crippen LogP contribution is 2.21. The standard InChI is InChI=1S/C12H22OS/c1-5-6-11(13)7-8-12(14)10(4)9(2)3/h9,12,14H,4-8H2,1-3H3. The molecule has 0 saturated carbocycles. The lowest BCUT2D eigenvalue weighted by Crippen LogP contribution is -2.10. The first-order chi connectivity index (χ1) is 6.49. The molecule has 0 radical (unpaired) electrons. The fourth-order valence-corrected chi connectivity index (χ4v) is 1.70. The van der Waals surface area contributed by atoms with Gasteiger partial charge in [-0.3, -0.25) is 4.79 Å². The molecule has 1 unspecified atom stereocenters. The number of Topliss-reactive ketones (excluding diaryl/α,β-unsaturated/α-hetero) is 1. The van der Waals surface area contributed by atoms with E-state index in [4.69, 9.17) is 0 Å². The van der Waals surface area contributed by atoms with Gasteiger partial charge in [-0.1, -0.05) is 32.9 Å². The summed E-state index contributed by atoms with van der Waals surface area (Å²) in [5.41, 5.74) is 1.14. The summed E-state index contributed by atoms with van der Waals surface area (Å²) < 4.78 is 0. The van der Waals surface area contributed by atoms with E-state index < -0.39 is 0 Å². The molecule has 0 N–H and O–H groups in total. The van der Waals surface area contributed by atoms with Crippen LogP contribution in [0.3, 0.4) is 0 Å². The minimum absolute atomic E-state index is 0.177. The third kappa shape index (κ3) is 5.48. The maximum Gasteiger partial charge on any atom is 0.132 e. The van der Waals surface area contributed by atoms with Crippen LogP contribution in [-0.2, 0) is 4.79 Å². The Morgan fingerprint density at radius 1 is 1.36 bits per heavy atom. The van der Waals surface area contributed by atoms with Crippen molar-refractivity contribution in [2.24, 2.45) is 5.92 Å². The number of thiol groups is 1. The van der Waals surface area contributed by atoms with Gasteiger partial charge in [-0.05, 0) is 18.8 Å². The van der Waals surface area contributed by atoms with E-state index in [1.807, 2.05) is 6.92 Å². The average molecular weight is 214 g/mol. The van der Waals surface area contributed by atoms with Crippen molar-refractivity contribution in [3.63, 3.8) is 0 Å². The minimum atomic E-state index is 0.177. The van der Waals surface area contributed by atoms with Crippen LogP contribution >= 0.6 is 12.6 Å². The highest BCUT2D eigenvalue weighted by Gasteiger charge is 2.12. The molecule has 0 bridgehead atoms. The van der Waals surface area contributed by atoms with Crippen LogP contribution in [0.25, 0.3) is 0 Å². The zero-order chi connectivity index (χ0) is 11.1. The van der Waals surface area contributed by atoms with Gasteiger partial charge < -0.3 is 0 Å². The van der Waals surface area contributed by atoms with Crippen molar-refractivity contribution < 1.29 is 4.79 Å². The molecule has 0 aliphatic carbocycles. The van der Waals surface area contributed by atoms with Crippen LogP contribution in [-0.4, -0.2) is 11.0 Å². The van der Waals surface area contributed by atoms with Crippen LogP contribution in [0.5, 0.6) is 0 Å². The molecule has 0 aliphatic heterocycles. The maximum atomic E-state index is 11.3. The van der Waals surface area contributed by atoms with Crippen LogP contribution in [0.2, 0.25) is 0 Å². The van der Waals surface area contributed by atoms with Gasteiger partial charge in [0, 0.05) is 18.1 Å². The number of carbonyl (C=O) groups excluding carboxylic acids is 1. The average Bonchev–Trinajstić information content (AvgIpc) is 2.13. The Balaban J connectivity index is 3.79. The second-order valence-corrected chi connectivity index (χ2v) is 4.70. The van der Waals surface area contributed by atoms with Gasteiger partial charge in [0.25, 0.3) is 0 Å². The van der Waals surface area contributed by atoms with Gasteiger partial charge in [-0.15, -0.1) is 0 Å². The molecule has 0 aromatic heterocycles. The monoisotopic (exact) mass is 214 g/mol. The van der Waals surface area contributed by atoms with Crippen LogP contribution in [0, 0.1) is 5.92 Å². The first kappa shape index (κ1) is 13.8. The molecule has 82 valence electrons. The Labute approximate surface area is 93.4 Å². The summed E-state index contributed by atoms with van der Waals surface area (Å²) in [5.74, 6) is 0.807. The van der Waals surface area contributed by atoms with Gasteiger partial charge in [0.1, 0.15) is 5.78 Å². The van der Waals surface area contributed by atoms with Gasteiger partial charge in [-0.25, -0.2) is 0 Å². The van der Waals surface area contributed by atoms with Crippen LogP contribution in [0.15, 0.2) is 12.2 Å². The second kappa shape index (κ2) is 7.10. The minimum Gasteiger partial charge on any atom is -0.300 e. The maximum absolute atomic E-state index is 11.3. The Morgan fingerprint density at radius 3 is 2.36 bits per heavy atom. The quantitative estimate of drug-likeness (QED) is 0.506. The molecule has 0 aromatic carbocycles. The normalized spacial score (nSPS) is 12.9. The highest BCUT2D eigenvalue weighted by atomic mass is 32.1. The van der Waals surface area contributed by atoms with E-state index in [1.165, 1.54) is 0 Å². The molecular formula is C12H22OS. The van der Waals surface area contributed by atoms with Gasteiger partial charge in [0.15, 0.2) is 0 Å². The molecule has 1 nitrogen and oxygen atoms in total. The lowest BCUT2D eigenvalue weighted by atomic mass is 9.97. The van der Waals surface area contributed by atoms with Gasteiger partial charge in [0.05, 0.1) is 0 Å². The molecule has 0 spiro atoms. The number of rotatable bonds is 7. The summed E-state index contributed by atoms with van der Waals surface area (Å²) in [6.45, 7) is 10.2. The number of carbonyl (C=O) groups is 1.